The van der Waals surface area contributed by atoms with Crippen LogP contribution in [0.5, 0.6) is 0 Å². The number of rotatable bonds is 5. The van der Waals surface area contributed by atoms with Crippen LogP contribution in [0.3, 0.4) is 0 Å². The number of fused-ring (bicyclic) bond motifs is 1. The van der Waals surface area contributed by atoms with Crippen molar-refractivity contribution in [2.24, 2.45) is 11.8 Å². The fourth-order valence-corrected chi connectivity index (χ4v) is 9.94. The van der Waals surface area contributed by atoms with Gasteiger partial charge in [-0.3, -0.25) is 4.90 Å². The van der Waals surface area contributed by atoms with E-state index in [2.05, 4.69) is 69.3 Å². The first-order valence-electron chi connectivity index (χ1n) is 11.9. The minimum Gasteiger partial charge on any atom is -0.444 e. The molecule has 0 spiro atoms. The Morgan fingerprint density at radius 2 is 1.45 bits per heavy atom. The van der Waals surface area contributed by atoms with E-state index in [0.29, 0.717) is 6.61 Å². The van der Waals surface area contributed by atoms with E-state index >= 15 is 0 Å². The van der Waals surface area contributed by atoms with E-state index in [1.165, 1.54) is 15.3 Å². The summed E-state index contributed by atoms with van der Waals surface area (Å²) >= 11 is 0. The predicted octanol–water partition coefficient (Wildman–Crippen LogP) is 4.14. The fraction of sp³-hybridized carbons (Fsp3) is 0.519. The lowest BCUT2D eigenvalue weighted by atomic mass is 10.2. The molecule has 2 fully saturated rings. The molecule has 3 unspecified atom stereocenters. The van der Waals surface area contributed by atoms with Crippen molar-refractivity contribution in [3.05, 3.63) is 60.7 Å². The van der Waals surface area contributed by atoms with Crippen molar-refractivity contribution in [2.45, 2.75) is 70.9 Å². The quantitative estimate of drug-likeness (QED) is 0.672. The maximum absolute atomic E-state index is 13.0. The van der Waals surface area contributed by atoms with Gasteiger partial charge in [-0.2, -0.15) is 0 Å². The number of hydrogen-bond donors (Lipinski definition) is 1. The molecule has 5 nitrogen and oxygen atoms in total. The molecule has 178 valence electrons. The molecule has 4 atom stereocenters. The summed E-state index contributed by atoms with van der Waals surface area (Å²) in [5, 5.41) is 13.1. The number of carbonyl (C=O) groups is 1. The van der Waals surface area contributed by atoms with Gasteiger partial charge in [0.25, 0.3) is 8.32 Å². The van der Waals surface area contributed by atoms with Gasteiger partial charge in [-0.25, -0.2) is 4.79 Å². The topological polar surface area (TPSA) is 59.0 Å². The van der Waals surface area contributed by atoms with E-state index in [1.807, 2.05) is 32.9 Å². The van der Waals surface area contributed by atoms with Crippen LogP contribution in [0.1, 0.15) is 48.0 Å². The summed E-state index contributed by atoms with van der Waals surface area (Å²) in [5.74, 6) is 0.371. The average molecular weight is 468 g/mol. The van der Waals surface area contributed by atoms with Crippen LogP contribution in [0.15, 0.2) is 60.7 Å². The predicted molar refractivity (Wildman–Crippen MR) is 133 cm³/mol. The summed E-state index contributed by atoms with van der Waals surface area (Å²) < 4.78 is 12.7. The van der Waals surface area contributed by atoms with Gasteiger partial charge in [-0.05, 0) is 48.5 Å². The van der Waals surface area contributed by atoms with Gasteiger partial charge in [0.05, 0.1) is 12.6 Å². The van der Waals surface area contributed by atoms with E-state index in [-0.39, 0.29) is 22.9 Å². The van der Waals surface area contributed by atoms with Crippen LogP contribution in [-0.2, 0) is 9.16 Å². The molecule has 2 aliphatic rings. The highest BCUT2D eigenvalue weighted by Crippen LogP contribution is 2.53. The van der Waals surface area contributed by atoms with E-state index in [9.17, 15) is 9.90 Å². The zero-order chi connectivity index (χ0) is 24.0. The Kier molecular flexibility index (Phi) is 6.23. The van der Waals surface area contributed by atoms with Crippen LogP contribution in [-0.4, -0.2) is 48.9 Å². The molecular formula is C27H37NO4Si. The van der Waals surface area contributed by atoms with Gasteiger partial charge >= 0.3 is 6.09 Å². The van der Waals surface area contributed by atoms with Crippen LogP contribution in [0.2, 0.25) is 5.04 Å². The van der Waals surface area contributed by atoms with Gasteiger partial charge in [-0.1, -0.05) is 81.4 Å². The molecule has 0 aromatic heterocycles. The molecular weight excluding hydrogens is 430 g/mol. The molecule has 0 bridgehead atoms. The lowest BCUT2D eigenvalue weighted by Crippen LogP contribution is -2.67. The third kappa shape index (κ3) is 4.48. The van der Waals surface area contributed by atoms with Crippen molar-refractivity contribution < 1.29 is 19.1 Å². The summed E-state index contributed by atoms with van der Waals surface area (Å²) in [5.41, 5.74) is -0.618. The minimum absolute atomic E-state index is 0.116. The van der Waals surface area contributed by atoms with Crippen LogP contribution in [0.4, 0.5) is 4.79 Å². The molecule has 1 heterocycles. The highest BCUT2D eigenvalue weighted by molar-refractivity contribution is 6.99. The summed E-state index contributed by atoms with van der Waals surface area (Å²) in [7, 11) is -2.72. The lowest BCUT2D eigenvalue weighted by molar-refractivity contribution is -0.0427. The molecule has 1 saturated carbocycles. The number of amides is 1. The Hall–Kier alpha value is -2.15. The maximum Gasteiger partial charge on any atom is 0.412 e. The van der Waals surface area contributed by atoms with Crippen molar-refractivity contribution in [2.75, 3.05) is 6.61 Å². The first-order chi connectivity index (χ1) is 15.5. The van der Waals surface area contributed by atoms with Gasteiger partial charge < -0.3 is 14.3 Å². The van der Waals surface area contributed by atoms with Crippen molar-refractivity contribution in [1.82, 2.24) is 4.90 Å². The number of piperidine rings is 1. The van der Waals surface area contributed by atoms with E-state index < -0.39 is 26.2 Å². The fourth-order valence-electron chi connectivity index (χ4n) is 5.36. The van der Waals surface area contributed by atoms with Gasteiger partial charge in [0.2, 0.25) is 0 Å². The maximum atomic E-state index is 13.0. The molecule has 1 saturated heterocycles. The van der Waals surface area contributed by atoms with Crippen molar-refractivity contribution in [3.63, 3.8) is 0 Å². The van der Waals surface area contributed by atoms with Crippen LogP contribution >= 0.6 is 0 Å². The van der Waals surface area contributed by atoms with E-state index in [4.69, 9.17) is 9.16 Å². The highest BCUT2D eigenvalue weighted by atomic mass is 28.4. The first-order valence-corrected chi connectivity index (χ1v) is 13.8. The molecule has 1 amide bonds. The second kappa shape index (κ2) is 8.57. The first kappa shape index (κ1) is 24.0. The highest BCUT2D eigenvalue weighted by Gasteiger charge is 2.61. The average Bonchev–Trinajstić information content (AvgIpc) is 3.48. The van der Waals surface area contributed by atoms with E-state index in [0.717, 1.165) is 6.42 Å². The van der Waals surface area contributed by atoms with Crippen LogP contribution in [0.25, 0.3) is 0 Å². The zero-order valence-corrected chi connectivity index (χ0v) is 21.6. The van der Waals surface area contributed by atoms with Gasteiger partial charge in [-0.15, -0.1) is 0 Å². The number of carbonyl (C=O) groups excluding carboxylic acids is 1. The molecule has 1 N–H and O–H groups in total. The van der Waals surface area contributed by atoms with Crippen LogP contribution in [0, 0.1) is 11.8 Å². The second-order valence-electron chi connectivity index (χ2n) is 11.4. The number of likely N-dealkylation sites (tertiary alicyclic amines) is 1. The molecule has 4 rings (SSSR count). The zero-order valence-electron chi connectivity index (χ0n) is 20.6. The smallest absolute Gasteiger partial charge is 0.412 e. The molecule has 2 aromatic carbocycles. The monoisotopic (exact) mass is 467 g/mol. The summed E-state index contributed by atoms with van der Waals surface area (Å²) in [6.45, 7) is 12.7. The molecule has 2 aromatic rings. The van der Waals surface area contributed by atoms with Crippen LogP contribution < -0.4 is 10.4 Å². The normalized spacial score (nSPS) is 25.0. The minimum atomic E-state index is -2.72. The van der Waals surface area contributed by atoms with Crippen molar-refractivity contribution >= 4 is 24.8 Å². The number of ether oxygens (including phenoxy) is 1. The molecule has 1 aliphatic heterocycles. The number of benzene rings is 2. The van der Waals surface area contributed by atoms with Gasteiger partial charge in [0.1, 0.15) is 11.8 Å². The Morgan fingerprint density at radius 1 is 0.939 bits per heavy atom. The molecule has 33 heavy (non-hydrogen) atoms. The summed E-state index contributed by atoms with van der Waals surface area (Å²) in [6, 6.07) is 20.8. The van der Waals surface area contributed by atoms with Crippen molar-refractivity contribution in [1.29, 1.82) is 0 Å². The molecule has 0 radical (unpaired) electrons. The molecule has 1 aliphatic carbocycles. The third-order valence-electron chi connectivity index (χ3n) is 6.90. The number of nitrogens with zero attached hydrogens (tertiary/aromatic N) is 1. The Balaban J connectivity index is 1.70. The summed E-state index contributed by atoms with van der Waals surface area (Å²) in [4.78, 5) is 14.5. The second-order valence-corrected chi connectivity index (χ2v) is 15.7. The Bertz CT molecular complexity index is 928. The van der Waals surface area contributed by atoms with E-state index in [1.54, 1.807) is 0 Å². The standard InChI is InChI=1S/C27H37NO4Si/c1-26(2,3)32-25(30)28-23(21-17-22(21)24(28)29)18-31-33(27(4,5)6,19-13-9-7-10-14-19)20-15-11-8-12-16-20/h7-16,21-24,29H,17-18H2,1-6H3/t21?,22?,23-,24?/m1/s1. The lowest BCUT2D eigenvalue weighted by Gasteiger charge is -2.44. The number of aliphatic hydroxyl groups is 1. The number of aliphatic hydroxyl groups excluding tert-OH is 1. The Morgan fingerprint density at radius 3 is 1.91 bits per heavy atom. The van der Waals surface area contributed by atoms with Crippen molar-refractivity contribution in [3.8, 4) is 0 Å². The SMILES string of the molecule is CC(C)(C)OC(=O)N1C(O)C2CC2[C@H]1CO[Si](c1ccccc1)(c1ccccc1)C(C)(C)C. The Labute approximate surface area is 198 Å². The molecule has 6 heteroatoms. The van der Waals surface area contributed by atoms with Gasteiger partial charge in [0, 0.05) is 5.92 Å². The summed E-state index contributed by atoms with van der Waals surface area (Å²) in [6.07, 6.45) is -0.342. The largest absolute Gasteiger partial charge is 0.444 e. The third-order valence-corrected chi connectivity index (χ3v) is 11.9. The van der Waals surface area contributed by atoms with Gasteiger partial charge in [0.15, 0.2) is 0 Å². The number of hydrogen-bond acceptors (Lipinski definition) is 4.